The molecule has 1 rings (SSSR count). The topological polar surface area (TPSA) is 64.9 Å². The Hall–Kier alpha value is -0.550. The summed E-state index contributed by atoms with van der Waals surface area (Å²) in [5, 5.41) is 7.54. The molecule has 1 aromatic rings. The van der Waals surface area contributed by atoms with Gasteiger partial charge in [0.1, 0.15) is 0 Å². The fourth-order valence-corrected chi connectivity index (χ4v) is 0.794. The molecule has 0 fully saturated rings. The van der Waals surface area contributed by atoms with E-state index in [9.17, 15) is 0 Å². The van der Waals surface area contributed by atoms with E-state index in [2.05, 4.69) is 22.8 Å². The van der Waals surface area contributed by atoms with Gasteiger partial charge in [-0.1, -0.05) is 6.92 Å². The van der Waals surface area contributed by atoms with Crippen LogP contribution in [-0.4, -0.2) is 16.0 Å². The monoisotopic (exact) mass is 173 g/mol. The summed E-state index contributed by atoms with van der Waals surface area (Å²) in [7, 11) is 0. The molecule has 0 bridgehead atoms. The Morgan fingerprint density at radius 3 is 2.82 bits per heavy atom. The van der Waals surface area contributed by atoms with E-state index in [-0.39, 0.29) is 6.04 Å². The maximum absolute atomic E-state index is 5.59. The fraction of sp³-hybridized carbons (Fsp3) is 0.667. The Bertz CT molecular complexity index is 225. The van der Waals surface area contributed by atoms with Crippen molar-refractivity contribution in [2.45, 2.75) is 19.4 Å². The lowest BCUT2D eigenvalue weighted by Gasteiger charge is -1.98. The summed E-state index contributed by atoms with van der Waals surface area (Å²) >= 11 is 4.01. The van der Waals surface area contributed by atoms with Crippen LogP contribution < -0.4 is 5.73 Å². The molecule has 0 radical (unpaired) electrons. The molecule has 0 aliphatic carbocycles. The maximum atomic E-state index is 5.59. The van der Waals surface area contributed by atoms with Gasteiger partial charge in [-0.05, 0) is 0 Å². The van der Waals surface area contributed by atoms with Crippen LogP contribution in [0.3, 0.4) is 0 Å². The maximum Gasteiger partial charge on any atom is 0.234 e. The zero-order valence-corrected chi connectivity index (χ0v) is 7.21. The van der Waals surface area contributed by atoms with Crippen molar-refractivity contribution in [2.75, 3.05) is 5.75 Å². The molecule has 0 aliphatic heterocycles. The second-order valence-corrected chi connectivity index (χ2v) is 2.54. The normalized spacial score (nSPS) is 13.4. The summed E-state index contributed by atoms with van der Waals surface area (Å²) in [5.74, 6) is 1.61. The third-order valence-corrected chi connectivity index (χ3v) is 1.69. The Balaban J connectivity index is 2.71. The largest absolute Gasteiger partial charge is 0.424 e. The van der Waals surface area contributed by atoms with Crippen LogP contribution in [0.5, 0.6) is 0 Å². The van der Waals surface area contributed by atoms with E-state index in [1.54, 1.807) is 0 Å². The van der Waals surface area contributed by atoms with Crippen molar-refractivity contribution >= 4 is 12.6 Å². The molecule has 0 spiro atoms. The molecule has 0 amide bonds. The Labute approximate surface area is 70.6 Å². The highest BCUT2D eigenvalue weighted by atomic mass is 32.1. The molecule has 1 unspecified atom stereocenters. The van der Waals surface area contributed by atoms with E-state index in [4.69, 9.17) is 10.2 Å². The Kier molecular flexibility index (Phi) is 2.90. The van der Waals surface area contributed by atoms with Gasteiger partial charge in [-0.15, -0.1) is 10.2 Å². The summed E-state index contributed by atoms with van der Waals surface area (Å²) < 4.78 is 5.19. The van der Waals surface area contributed by atoms with Gasteiger partial charge in [-0.3, -0.25) is 0 Å². The highest BCUT2D eigenvalue weighted by molar-refractivity contribution is 7.80. The van der Waals surface area contributed by atoms with Crippen molar-refractivity contribution in [3.05, 3.63) is 11.8 Å². The molecule has 62 valence electrons. The lowest BCUT2D eigenvalue weighted by Crippen LogP contribution is -2.11. The number of aromatic nitrogens is 2. The Morgan fingerprint density at radius 2 is 2.36 bits per heavy atom. The Morgan fingerprint density at radius 1 is 1.64 bits per heavy atom. The van der Waals surface area contributed by atoms with Gasteiger partial charge in [0.25, 0.3) is 0 Å². The lowest BCUT2D eigenvalue weighted by atomic mass is 10.4. The molecule has 4 nitrogen and oxygen atoms in total. The standard InChI is InChI=1S/C6H11N3OS/c1-2-5-8-9-6(10-5)4(7)3-11/h4,11H,2-3,7H2,1H3. The van der Waals surface area contributed by atoms with E-state index in [0.717, 1.165) is 6.42 Å². The molecule has 0 saturated carbocycles. The zero-order valence-electron chi connectivity index (χ0n) is 6.32. The summed E-state index contributed by atoms with van der Waals surface area (Å²) in [5.41, 5.74) is 5.59. The van der Waals surface area contributed by atoms with Gasteiger partial charge in [0.05, 0.1) is 6.04 Å². The predicted molar refractivity (Wildman–Crippen MR) is 44.5 cm³/mol. The average Bonchev–Trinajstić information content (AvgIpc) is 2.50. The van der Waals surface area contributed by atoms with E-state index in [1.165, 1.54) is 0 Å². The van der Waals surface area contributed by atoms with Gasteiger partial charge in [-0.25, -0.2) is 0 Å². The number of thiol groups is 1. The van der Waals surface area contributed by atoms with Crippen molar-refractivity contribution in [2.24, 2.45) is 5.73 Å². The minimum atomic E-state index is -0.244. The number of rotatable bonds is 3. The van der Waals surface area contributed by atoms with Crippen LogP contribution in [0.1, 0.15) is 24.7 Å². The van der Waals surface area contributed by atoms with E-state index >= 15 is 0 Å². The highest BCUT2D eigenvalue weighted by Gasteiger charge is 2.11. The van der Waals surface area contributed by atoms with Crippen molar-refractivity contribution in [1.82, 2.24) is 10.2 Å². The minimum absolute atomic E-state index is 0.244. The minimum Gasteiger partial charge on any atom is -0.424 e. The molecule has 0 aliphatic rings. The SMILES string of the molecule is CCc1nnc(C(N)CS)o1. The number of aryl methyl sites for hydroxylation is 1. The van der Waals surface area contributed by atoms with Gasteiger partial charge in [0, 0.05) is 12.2 Å². The third-order valence-electron chi connectivity index (χ3n) is 1.30. The van der Waals surface area contributed by atoms with Crippen LogP contribution in [0, 0.1) is 0 Å². The molecule has 1 aromatic heterocycles. The quantitative estimate of drug-likeness (QED) is 0.655. The molecule has 0 saturated heterocycles. The molecule has 5 heteroatoms. The summed E-state index contributed by atoms with van der Waals surface area (Å²) in [6.07, 6.45) is 0.742. The smallest absolute Gasteiger partial charge is 0.234 e. The van der Waals surface area contributed by atoms with Gasteiger partial charge >= 0.3 is 0 Å². The van der Waals surface area contributed by atoms with Crippen molar-refractivity contribution in [3.8, 4) is 0 Å². The molecule has 1 heterocycles. The first-order valence-electron chi connectivity index (χ1n) is 3.46. The summed E-state index contributed by atoms with van der Waals surface area (Å²) in [6, 6.07) is -0.244. The van der Waals surface area contributed by atoms with E-state index in [1.807, 2.05) is 6.92 Å². The zero-order chi connectivity index (χ0) is 8.27. The predicted octanol–water partition coefficient (Wildman–Crippen LogP) is 0.562. The third kappa shape index (κ3) is 1.94. The highest BCUT2D eigenvalue weighted by Crippen LogP contribution is 2.09. The van der Waals surface area contributed by atoms with Crippen molar-refractivity contribution < 1.29 is 4.42 Å². The first kappa shape index (κ1) is 8.55. The first-order chi connectivity index (χ1) is 5.27. The van der Waals surface area contributed by atoms with Gasteiger partial charge in [0.2, 0.25) is 11.8 Å². The second-order valence-electron chi connectivity index (χ2n) is 2.18. The van der Waals surface area contributed by atoms with Gasteiger partial charge in [0.15, 0.2) is 0 Å². The van der Waals surface area contributed by atoms with E-state index in [0.29, 0.717) is 17.5 Å². The first-order valence-corrected chi connectivity index (χ1v) is 4.10. The molecule has 0 aromatic carbocycles. The van der Waals surface area contributed by atoms with Crippen molar-refractivity contribution in [1.29, 1.82) is 0 Å². The lowest BCUT2D eigenvalue weighted by molar-refractivity contribution is 0.433. The van der Waals surface area contributed by atoms with Gasteiger partial charge < -0.3 is 10.2 Å². The van der Waals surface area contributed by atoms with Crippen LogP contribution in [-0.2, 0) is 6.42 Å². The summed E-state index contributed by atoms with van der Waals surface area (Å²) in [4.78, 5) is 0. The van der Waals surface area contributed by atoms with Crippen LogP contribution in [0.15, 0.2) is 4.42 Å². The van der Waals surface area contributed by atoms with E-state index < -0.39 is 0 Å². The van der Waals surface area contributed by atoms with Crippen LogP contribution in [0.25, 0.3) is 0 Å². The molecule has 2 N–H and O–H groups in total. The van der Waals surface area contributed by atoms with Crippen LogP contribution >= 0.6 is 12.6 Å². The number of hydrogen-bond donors (Lipinski definition) is 2. The number of nitrogens with zero attached hydrogens (tertiary/aromatic N) is 2. The van der Waals surface area contributed by atoms with Crippen LogP contribution in [0.2, 0.25) is 0 Å². The molecule has 1 atom stereocenters. The van der Waals surface area contributed by atoms with Gasteiger partial charge in [-0.2, -0.15) is 12.6 Å². The number of hydrogen-bond acceptors (Lipinski definition) is 5. The van der Waals surface area contributed by atoms with Crippen LogP contribution in [0.4, 0.5) is 0 Å². The van der Waals surface area contributed by atoms with Crippen molar-refractivity contribution in [3.63, 3.8) is 0 Å². The average molecular weight is 173 g/mol. The summed E-state index contributed by atoms with van der Waals surface area (Å²) in [6.45, 7) is 1.95. The number of nitrogens with two attached hydrogens (primary N) is 1. The fourth-order valence-electron chi connectivity index (χ4n) is 0.637. The second kappa shape index (κ2) is 3.73. The molecular weight excluding hydrogens is 162 g/mol. The molecular formula is C6H11N3OS. The molecule has 11 heavy (non-hydrogen) atoms.